The lowest BCUT2D eigenvalue weighted by Gasteiger charge is -2.32. The van der Waals surface area contributed by atoms with Crippen molar-refractivity contribution < 1.29 is 9.53 Å². The lowest BCUT2D eigenvalue weighted by molar-refractivity contribution is 0.0734. The van der Waals surface area contributed by atoms with Crippen molar-refractivity contribution in [1.82, 2.24) is 4.90 Å². The fraction of sp³-hybridized carbons (Fsp3) is 0.682. The molecule has 0 spiro atoms. The second-order valence-electron chi connectivity index (χ2n) is 7.38. The van der Waals surface area contributed by atoms with Gasteiger partial charge in [0.05, 0.1) is 7.11 Å². The van der Waals surface area contributed by atoms with Crippen molar-refractivity contribution in [3.8, 4) is 5.75 Å². The first-order chi connectivity index (χ1) is 12.2. The summed E-state index contributed by atoms with van der Waals surface area (Å²) >= 11 is 0. The number of carbonyl (C=O) groups excluding carboxylic acids is 1. The molecule has 1 aromatic carbocycles. The number of amides is 1. The Morgan fingerprint density at radius 1 is 1.12 bits per heavy atom. The summed E-state index contributed by atoms with van der Waals surface area (Å²) in [6, 6.07) is 7.49. The number of methoxy groups -OCH3 is 1. The first-order valence-corrected chi connectivity index (χ1v) is 10.1. The van der Waals surface area contributed by atoms with Crippen LogP contribution in [0, 0.1) is 11.8 Å². The largest absolute Gasteiger partial charge is 0.497 e. The number of rotatable bonds is 9. The zero-order chi connectivity index (χ0) is 18.1. The van der Waals surface area contributed by atoms with Crippen LogP contribution in [-0.2, 0) is 0 Å². The molecule has 140 valence electrons. The predicted octanol–water partition coefficient (Wildman–Crippen LogP) is 5.54. The molecule has 1 amide bonds. The van der Waals surface area contributed by atoms with E-state index in [2.05, 4.69) is 13.8 Å². The highest BCUT2D eigenvalue weighted by Gasteiger charge is 2.24. The van der Waals surface area contributed by atoms with E-state index in [1.165, 1.54) is 38.5 Å². The second-order valence-corrected chi connectivity index (χ2v) is 7.38. The normalized spacial score (nSPS) is 16.4. The number of hydrogen-bond donors (Lipinski definition) is 0. The molecule has 0 aliphatic heterocycles. The number of benzene rings is 1. The van der Waals surface area contributed by atoms with Gasteiger partial charge in [-0.05, 0) is 48.9 Å². The number of nitrogens with zero attached hydrogens (tertiary/aromatic N) is 1. The first-order valence-electron chi connectivity index (χ1n) is 10.1. The Labute approximate surface area is 153 Å². The monoisotopic (exact) mass is 345 g/mol. The minimum absolute atomic E-state index is 0.156. The molecule has 1 fully saturated rings. The van der Waals surface area contributed by atoms with Crippen molar-refractivity contribution in [2.45, 2.75) is 65.2 Å². The van der Waals surface area contributed by atoms with Gasteiger partial charge in [0.1, 0.15) is 5.75 Å². The molecule has 0 radical (unpaired) electrons. The standard InChI is InChI=1S/C22H35NO2/c1-4-16-23(22(24)20-11-13-21(25-3)14-12-20)17-15-18(5-2)19-9-7-6-8-10-19/h11-14,18-19H,4-10,15-17H2,1-3H3. The van der Waals surface area contributed by atoms with Gasteiger partial charge in [-0.15, -0.1) is 0 Å². The van der Waals surface area contributed by atoms with Crippen LogP contribution in [0.2, 0.25) is 0 Å². The third-order valence-electron chi connectivity index (χ3n) is 5.73. The van der Waals surface area contributed by atoms with Crippen LogP contribution in [0.15, 0.2) is 24.3 Å². The van der Waals surface area contributed by atoms with Gasteiger partial charge in [-0.25, -0.2) is 0 Å². The summed E-state index contributed by atoms with van der Waals surface area (Å²) in [7, 11) is 1.65. The third kappa shape index (κ3) is 5.76. The fourth-order valence-electron chi connectivity index (χ4n) is 4.20. The van der Waals surface area contributed by atoms with Gasteiger partial charge in [0.2, 0.25) is 0 Å². The van der Waals surface area contributed by atoms with Gasteiger partial charge in [-0.2, -0.15) is 0 Å². The highest BCUT2D eigenvalue weighted by atomic mass is 16.5. The quantitative estimate of drug-likeness (QED) is 0.588. The van der Waals surface area contributed by atoms with Crippen LogP contribution >= 0.6 is 0 Å². The maximum absolute atomic E-state index is 12.9. The maximum atomic E-state index is 12.9. The zero-order valence-electron chi connectivity index (χ0n) is 16.3. The maximum Gasteiger partial charge on any atom is 0.253 e. The van der Waals surface area contributed by atoms with Gasteiger partial charge in [0.15, 0.2) is 0 Å². The van der Waals surface area contributed by atoms with Crippen LogP contribution in [-0.4, -0.2) is 31.0 Å². The zero-order valence-corrected chi connectivity index (χ0v) is 16.3. The van der Waals surface area contributed by atoms with Crippen LogP contribution < -0.4 is 4.74 Å². The summed E-state index contributed by atoms with van der Waals surface area (Å²) in [5.41, 5.74) is 0.764. The molecule has 1 atom stereocenters. The second kappa shape index (κ2) is 10.5. The number of hydrogen-bond acceptors (Lipinski definition) is 2. The van der Waals surface area contributed by atoms with Gasteiger partial charge in [-0.1, -0.05) is 52.4 Å². The Morgan fingerprint density at radius 3 is 2.36 bits per heavy atom. The first kappa shape index (κ1) is 19.8. The van der Waals surface area contributed by atoms with E-state index >= 15 is 0 Å². The van der Waals surface area contributed by atoms with Crippen molar-refractivity contribution in [3.63, 3.8) is 0 Å². The molecule has 0 N–H and O–H groups in total. The van der Waals surface area contributed by atoms with Crippen LogP contribution in [0.5, 0.6) is 5.75 Å². The summed E-state index contributed by atoms with van der Waals surface area (Å²) in [6.45, 7) is 6.18. The summed E-state index contributed by atoms with van der Waals surface area (Å²) in [6.07, 6.45) is 10.4. The summed E-state index contributed by atoms with van der Waals surface area (Å²) < 4.78 is 5.19. The molecule has 25 heavy (non-hydrogen) atoms. The van der Waals surface area contributed by atoms with Crippen LogP contribution in [0.3, 0.4) is 0 Å². The van der Waals surface area contributed by atoms with E-state index in [0.717, 1.165) is 49.1 Å². The Kier molecular flexibility index (Phi) is 8.30. The van der Waals surface area contributed by atoms with Crippen molar-refractivity contribution >= 4 is 5.91 Å². The lowest BCUT2D eigenvalue weighted by atomic mass is 9.77. The third-order valence-corrected chi connectivity index (χ3v) is 5.73. The van der Waals surface area contributed by atoms with E-state index in [-0.39, 0.29) is 5.91 Å². The minimum Gasteiger partial charge on any atom is -0.497 e. The van der Waals surface area contributed by atoms with Gasteiger partial charge in [-0.3, -0.25) is 4.79 Å². The number of ether oxygens (including phenoxy) is 1. The summed E-state index contributed by atoms with van der Waals surface area (Å²) in [4.78, 5) is 14.9. The van der Waals surface area contributed by atoms with Gasteiger partial charge >= 0.3 is 0 Å². The molecule has 3 nitrogen and oxygen atoms in total. The van der Waals surface area contributed by atoms with Gasteiger partial charge in [0, 0.05) is 18.7 Å². The molecule has 1 aliphatic rings. The van der Waals surface area contributed by atoms with Crippen LogP contribution in [0.1, 0.15) is 75.6 Å². The van der Waals surface area contributed by atoms with Crippen molar-refractivity contribution in [3.05, 3.63) is 29.8 Å². The van der Waals surface area contributed by atoms with Gasteiger partial charge < -0.3 is 9.64 Å². The van der Waals surface area contributed by atoms with E-state index in [1.54, 1.807) is 7.11 Å². The molecule has 0 aromatic heterocycles. The lowest BCUT2D eigenvalue weighted by Crippen LogP contribution is -2.34. The molecule has 1 aliphatic carbocycles. The SMILES string of the molecule is CCCN(CCC(CC)C1CCCCC1)C(=O)c1ccc(OC)cc1. The Bertz CT molecular complexity index is 505. The topological polar surface area (TPSA) is 29.5 Å². The van der Waals surface area contributed by atoms with E-state index in [1.807, 2.05) is 29.2 Å². The van der Waals surface area contributed by atoms with Crippen molar-refractivity contribution in [2.75, 3.05) is 20.2 Å². The van der Waals surface area contributed by atoms with E-state index in [9.17, 15) is 4.79 Å². The molecular formula is C22H35NO2. The smallest absolute Gasteiger partial charge is 0.253 e. The molecule has 0 bridgehead atoms. The average molecular weight is 346 g/mol. The minimum atomic E-state index is 0.156. The van der Waals surface area contributed by atoms with Gasteiger partial charge in [0.25, 0.3) is 5.91 Å². The molecular weight excluding hydrogens is 310 g/mol. The average Bonchev–Trinajstić information content (AvgIpc) is 2.68. The van der Waals surface area contributed by atoms with E-state index < -0.39 is 0 Å². The fourth-order valence-corrected chi connectivity index (χ4v) is 4.20. The van der Waals surface area contributed by atoms with E-state index in [4.69, 9.17) is 4.74 Å². The van der Waals surface area contributed by atoms with Crippen LogP contribution in [0.4, 0.5) is 0 Å². The van der Waals surface area contributed by atoms with E-state index in [0.29, 0.717) is 0 Å². The summed E-state index contributed by atoms with van der Waals surface area (Å²) in [5.74, 6) is 2.59. The van der Waals surface area contributed by atoms with Crippen molar-refractivity contribution in [2.24, 2.45) is 11.8 Å². The highest BCUT2D eigenvalue weighted by Crippen LogP contribution is 2.33. The molecule has 1 unspecified atom stereocenters. The van der Waals surface area contributed by atoms with Crippen molar-refractivity contribution in [1.29, 1.82) is 0 Å². The molecule has 2 rings (SSSR count). The summed E-state index contributed by atoms with van der Waals surface area (Å²) in [5, 5.41) is 0. The molecule has 1 aromatic rings. The number of carbonyl (C=O) groups is 1. The Morgan fingerprint density at radius 2 is 1.80 bits per heavy atom. The Balaban J connectivity index is 1.96. The predicted molar refractivity (Wildman–Crippen MR) is 104 cm³/mol. The molecule has 0 saturated heterocycles. The Hall–Kier alpha value is -1.51. The highest BCUT2D eigenvalue weighted by molar-refractivity contribution is 5.94. The molecule has 1 saturated carbocycles. The van der Waals surface area contributed by atoms with Crippen LogP contribution in [0.25, 0.3) is 0 Å². The molecule has 3 heteroatoms. The molecule has 0 heterocycles.